The van der Waals surface area contributed by atoms with Gasteiger partial charge in [0.05, 0.1) is 23.4 Å². The Morgan fingerprint density at radius 2 is 1.56 bits per heavy atom. The molecule has 2 saturated carbocycles. The van der Waals surface area contributed by atoms with Gasteiger partial charge in [0.25, 0.3) is 0 Å². The first-order valence-corrected chi connectivity index (χ1v) is 12.7. The number of hydrogen-bond acceptors (Lipinski definition) is 5. The lowest BCUT2D eigenvalue weighted by molar-refractivity contribution is -0.139. The van der Waals surface area contributed by atoms with Crippen molar-refractivity contribution in [1.82, 2.24) is 0 Å². The molecule has 2 saturated heterocycles. The van der Waals surface area contributed by atoms with E-state index in [2.05, 4.69) is 12.2 Å². The van der Waals surface area contributed by atoms with Crippen LogP contribution in [-0.4, -0.2) is 30.2 Å². The Morgan fingerprint density at radius 3 is 2.19 bits per heavy atom. The van der Waals surface area contributed by atoms with E-state index in [0.29, 0.717) is 34.0 Å². The number of nitrogens with zero attached hydrogens (tertiary/aromatic N) is 2. The molecule has 8 heteroatoms. The van der Waals surface area contributed by atoms with E-state index in [1.54, 1.807) is 48.5 Å². The quantitative estimate of drug-likeness (QED) is 0.274. The molecular weight excluding hydrogens is 480 g/mol. The van der Waals surface area contributed by atoms with Gasteiger partial charge in [-0.1, -0.05) is 29.8 Å². The second-order valence-electron chi connectivity index (χ2n) is 10.5. The molecule has 0 radical (unpaired) electrons. The first-order valence-electron chi connectivity index (χ1n) is 12.3. The zero-order chi connectivity index (χ0) is 24.7. The highest BCUT2D eigenvalue weighted by Crippen LogP contribution is 2.65. The van der Waals surface area contributed by atoms with Crippen LogP contribution in [0.4, 0.5) is 11.4 Å². The highest BCUT2D eigenvalue weighted by molar-refractivity contribution is 6.31. The predicted molar refractivity (Wildman–Crippen MR) is 131 cm³/mol. The lowest BCUT2D eigenvalue weighted by Crippen LogP contribution is -2.40. The van der Waals surface area contributed by atoms with Crippen LogP contribution >= 0.6 is 11.6 Å². The van der Waals surface area contributed by atoms with Gasteiger partial charge < -0.3 is 9.64 Å². The number of allylic oxidation sites excluding steroid dienone is 2. The van der Waals surface area contributed by atoms with Crippen molar-refractivity contribution in [3.8, 4) is 5.75 Å². The monoisotopic (exact) mass is 502 g/mol. The molecule has 4 aliphatic carbocycles. The normalized spacial score (nSPS) is 33.7. The minimum absolute atomic E-state index is 0.0569. The van der Waals surface area contributed by atoms with Crippen LogP contribution in [0.2, 0.25) is 5.02 Å². The van der Waals surface area contributed by atoms with Crippen molar-refractivity contribution in [3.63, 3.8) is 0 Å². The predicted octanol–water partition coefficient (Wildman–Crippen LogP) is 3.86. The number of amides is 3. The molecule has 4 fully saturated rings. The van der Waals surface area contributed by atoms with Crippen LogP contribution in [0.15, 0.2) is 60.7 Å². The number of benzene rings is 2. The van der Waals surface area contributed by atoms with E-state index >= 15 is 0 Å². The molecule has 3 amide bonds. The van der Waals surface area contributed by atoms with Crippen molar-refractivity contribution >= 4 is 46.7 Å². The molecule has 2 heterocycles. The molecule has 2 bridgehead atoms. The fourth-order valence-corrected chi connectivity index (χ4v) is 7.02. The minimum atomic E-state index is -0.601. The molecule has 6 aliphatic rings. The Balaban J connectivity index is 1.04. The second kappa shape index (κ2) is 7.77. The number of esters is 1. The lowest BCUT2D eigenvalue weighted by Gasteiger charge is -2.37. The molecule has 0 N–H and O–H groups in total. The smallest absolute Gasteiger partial charge is 0.316 e. The van der Waals surface area contributed by atoms with Gasteiger partial charge >= 0.3 is 5.97 Å². The Bertz CT molecular complexity index is 1320. The van der Waals surface area contributed by atoms with Gasteiger partial charge in [-0.15, -0.1) is 0 Å². The number of carbonyl (C=O) groups is 4. The summed E-state index contributed by atoms with van der Waals surface area (Å²) in [6.45, 7) is 0.216. The van der Waals surface area contributed by atoms with Gasteiger partial charge in [0.2, 0.25) is 17.7 Å². The first kappa shape index (κ1) is 21.8. The topological polar surface area (TPSA) is 84.0 Å². The summed E-state index contributed by atoms with van der Waals surface area (Å²) in [5.74, 6) is -0.256. The average Bonchev–Trinajstić information content (AvgIpc) is 3.55. The number of carbonyl (C=O) groups excluding carboxylic acids is 4. The fourth-order valence-electron chi connectivity index (χ4n) is 6.83. The van der Waals surface area contributed by atoms with E-state index in [4.69, 9.17) is 16.3 Å². The summed E-state index contributed by atoms with van der Waals surface area (Å²) in [5.41, 5.74) is 1.14. The van der Waals surface area contributed by atoms with Crippen LogP contribution in [-0.2, 0) is 19.2 Å². The number of anilines is 2. The summed E-state index contributed by atoms with van der Waals surface area (Å²) in [5, 5.41) is 0.515. The maximum atomic E-state index is 13.3. The molecule has 0 aromatic heterocycles. The van der Waals surface area contributed by atoms with Crippen molar-refractivity contribution in [2.24, 2.45) is 41.4 Å². The van der Waals surface area contributed by atoms with Crippen molar-refractivity contribution in [2.45, 2.75) is 12.8 Å². The van der Waals surface area contributed by atoms with Gasteiger partial charge in [0.15, 0.2) is 0 Å². The maximum absolute atomic E-state index is 13.3. The van der Waals surface area contributed by atoms with Crippen molar-refractivity contribution in [1.29, 1.82) is 0 Å². The third kappa shape index (κ3) is 3.18. The van der Waals surface area contributed by atoms with E-state index < -0.39 is 11.9 Å². The standard InChI is InChI=1S/C28H23ClN2O5/c29-15-2-1-3-17(11-15)30-13-14(10-23(30)32)28(35)36-18-6-4-16(5-7-18)31-26(33)24-19-8-9-20(22-12-21(19)22)25(24)27(31)34/h1-9,11,14,19-22,24-25H,10,12-13H2/t14-,19+,20+,21-,22+,24-,25-/m1/s1. The van der Waals surface area contributed by atoms with Gasteiger partial charge in [-0.05, 0) is 72.6 Å². The molecule has 0 unspecified atom stereocenters. The molecule has 182 valence electrons. The van der Waals surface area contributed by atoms with Gasteiger partial charge in [0.1, 0.15) is 5.75 Å². The summed E-state index contributed by atoms with van der Waals surface area (Å²) in [7, 11) is 0. The Kier molecular flexibility index (Phi) is 4.71. The van der Waals surface area contributed by atoms with Gasteiger partial charge in [-0.2, -0.15) is 0 Å². The largest absolute Gasteiger partial charge is 0.426 e. The number of rotatable bonds is 4. The summed E-state index contributed by atoms with van der Waals surface area (Å²) in [6.07, 6.45) is 5.48. The molecule has 2 aliphatic heterocycles. The second-order valence-corrected chi connectivity index (χ2v) is 10.9. The molecule has 36 heavy (non-hydrogen) atoms. The lowest BCUT2D eigenvalue weighted by atomic mass is 9.63. The molecule has 2 aromatic rings. The van der Waals surface area contributed by atoms with Crippen LogP contribution in [0.5, 0.6) is 5.75 Å². The Morgan fingerprint density at radius 1 is 0.889 bits per heavy atom. The number of imide groups is 1. The van der Waals surface area contributed by atoms with E-state index in [1.165, 1.54) is 9.80 Å². The summed E-state index contributed by atoms with van der Waals surface area (Å²) >= 11 is 6.04. The first-order chi connectivity index (χ1) is 17.4. The van der Waals surface area contributed by atoms with E-state index in [0.717, 1.165) is 6.42 Å². The summed E-state index contributed by atoms with van der Waals surface area (Å²) < 4.78 is 5.54. The zero-order valence-electron chi connectivity index (χ0n) is 19.2. The van der Waals surface area contributed by atoms with E-state index in [-0.39, 0.29) is 54.4 Å². The molecule has 7 nitrogen and oxygen atoms in total. The number of hydrogen-bond donors (Lipinski definition) is 0. The molecule has 2 aromatic carbocycles. The molecule has 0 spiro atoms. The summed E-state index contributed by atoms with van der Waals surface area (Å²) in [4.78, 5) is 54.7. The van der Waals surface area contributed by atoms with Crippen molar-refractivity contribution in [2.75, 3.05) is 16.3 Å². The van der Waals surface area contributed by atoms with Crippen molar-refractivity contribution < 1.29 is 23.9 Å². The third-order valence-electron chi connectivity index (χ3n) is 8.55. The fraction of sp³-hybridized carbons (Fsp3) is 0.357. The zero-order valence-corrected chi connectivity index (χ0v) is 20.0. The van der Waals surface area contributed by atoms with E-state index in [1.807, 2.05) is 0 Å². The highest BCUT2D eigenvalue weighted by atomic mass is 35.5. The highest BCUT2D eigenvalue weighted by Gasteiger charge is 2.67. The SMILES string of the molecule is O=C(Oc1ccc(N2C(=O)[C@@H]3[C@H]4C=C[C@@H]([C@@H]5C[C@H]45)[C@H]3C2=O)cc1)[C@@H]1CC(=O)N(c2cccc(Cl)c2)C1. The minimum Gasteiger partial charge on any atom is -0.426 e. The van der Waals surface area contributed by atoms with Gasteiger partial charge in [0, 0.05) is 23.7 Å². The van der Waals surface area contributed by atoms with Crippen LogP contribution in [0, 0.1) is 41.4 Å². The Hall–Kier alpha value is -3.45. The Labute approximate surface area is 212 Å². The summed E-state index contributed by atoms with van der Waals surface area (Å²) in [6, 6.07) is 13.4. The molecule has 8 rings (SSSR count). The van der Waals surface area contributed by atoms with Crippen LogP contribution in [0.25, 0.3) is 0 Å². The third-order valence-corrected chi connectivity index (χ3v) is 8.79. The van der Waals surface area contributed by atoms with E-state index in [9.17, 15) is 19.2 Å². The van der Waals surface area contributed by atoms with Crippen LogP contribution in [0.1, 0.15) is 12.8 Å². The van der Waals surface area contributed by atoms with Gasteiger partial charge in [-0.25, -0.2) is 0 Å². The number of halogens is 1. The van der Waals surface area contributed by atoms with Gasteiger partial charge in [-0.3, -0.25) is 24.1 Å². The van der Waals surface area contributed by atoms with Crippen molar-refractivity contribution in [3.05, 3.63) is 65.7 Å². The molecule has 7 atom stereocenters. The average molecular weight is 503 g/mol. The molecular formula is C28H23ClN2O5. The maximum Gasteiger partial charge on any atom is 0.316 e. The van der Waals surface area contributed by atoms with Crippen LogP contribution in [0.3, 0.4) is 0 Å². The van der Waals surface area contributed by atoms with Crippen LogP contribution < -0.4 is 14.5 Å². The number of ether oxygens (including phenoxy) is 1.